The normalized spacial score (nSPS) is 16.3. The zero-order chi connectivity index (χ0) is 13.3. The minimum absolute atomic E-state index is 0.351. The zero-order valence-corrected chi connectivity index (χ0v) is 11.7. The summed E-state index contributed by atoms with van der Waals surface area (Å²) in [7, 11) is 0. The van der Waals surface area contributed by atoms with Crippen LogP contribution < -0.4 is 0 Å². The fraction of sp³-hybridized carbons (Fsp3) is 0.412. The number of fused-ring (bicyclic) bond motifs is 1. The summed E-state index contributed by atoms with van der Waals surface area (Å²) in [5, 5.41) is 7.74. The first-order chi connectivity index (χ1) is 9.15. The van der Waals surface area contributed by atoms with Crippen LogP contribution in [0.25, 0.3) is 0 Å². The van der Waals surface area contributed by atoms with Crippen molar-refractivity contribution in [1.29, 1.82) is 0 Å². The van der Waals surface area contributed by atoms with Gasteiger partial charge in [0.2, 0.25) is 0 Å². The minimum Gasteiger partial charge on any atom is -0.159 e. The molecule has 0 N–H and O–H groups in total. The van der Waals surface area contributed by atoms with E-state index in [-0.39, 0.29) is 0 Å². The first kappa shape index (κ1) is 12.3. The third-order valence-electron chi connectivity index (χ3n) is 4.27. The molecule has 2 nitrogen and oxygen atoms in total. The number of aryl methyl sites for hydroxylation is 3. The van der Waals surface area contributed by atoms with Crippen molar-refractivity contribution in [2.24, 2.45) is 0 Å². The van der Waals surface area contributed by atoms with Crippen LogP contribution in [0.15, 0.2) is 36.7 Å². The summed E-state index contributed by atoms with van der Waals surface area (Å²) in [6.07, 6.45) is 8.25. The monoisotopic (exact) mass is 252 g/mol. The Labute approximate surface area is 114 Å². The Hall–Kier alpha value is -1.70. The molecule has 0 radical (unpaired) electrons. The van der Waals surface area contributed by atoms with Gasteiger partial charge in [-0.3, -0.25) is 0 Å². The van der Waals surface area contributed by atoms with Gasteiger partial charge in [-0.25, -0.2) is 0 Å². The van der Waals surface area contributed by atoms with Crippen LogP contribution >= 0.6 is 0 Å². The summed E-state index contributed by atoms with van der Waals surface area (Å²) in [4.78, 5) is 0. The van der Waals surface area contributed by atoms with Gasteiger partial charge in [-0.1, -0.05) is 32.0 Å². The van der Waals surface area contributed by atoms with Gasteiger partial charge in [0.1, 0.15) is 0 Å². The number of benzene rings is 1. The van der Waals surface area contributed by atoms with Crippen molar-refractivity contribution in [3.8, 4) is 0 Å². The average molecular weight is 252 g/mol. The van der Waals surface area contributed by atoms with Gasteiger partial charge in [-0.15, -0.1) is 0 Å². The highest BCUT2D eigenvalue weighted by Crippen LogP contribution is 2.38. The van der Waals surface area contributed by atoms with Gasteiger partial charge in [0.15, 0.2) is 0 Å². The van der Waals surface area contributed by atoms with E-state index in [0.717, 1.165) is 12.8 Å². The van der Waals surface area contributed by atoms with Crippen LogP contribution in [0.1, 0.15) is 42.5 Å². The molecule has 1 aliphatic carbocycles. The molecular formula is C17H20N2. The summed E-state index contributed by atoms with van der Waals surface area (Å²) in [5.74, 6) is 0. The summed E-state index contributed by atoms with van der Waals surface area (Å²) in [5.41, 5.74) is 6.14. The van der Waals surface area contributed by atoms with Gasteiger partial charge in [0.25, 0.3) is 0 Å². The highest BCUT2D eigenvalue weighted by Gasteiger charge is 2.29. The fourth-order valence-electron chi connectivity index (χ4n) is 2.96. The number of nitrogens with zero attached hydrogens (tertiary/aromatic N) is 2. The first-order valence-electron chi connectivity index (χ1n) is 7.03. The molecule has 0 bridgehead atoms. The second-order valence-corrected chi connectivity index (χ2v) is 6.13. The predicted octanol–water partition coefficient (Wildman–Crippen LogP) is 3.49. The molecule has 0 fully saturated rings. The number of hydrogen-bond donors (Lipinski definition) is 0. The van der Waals surface area contributed by atoms with E-state index in [4.69, 9.17) is 0 Å². The molecule has 0 amide bonds. The van der Waals surface area contributed by atoms with Crippen LogP contribution in [-0.2, 0) is 24.7 Å². The average Bonchev–Trinajstić information content (AvgIpc) is 2.73. The minimum atomic E-state index is 0.351. The molecule has 3 rings (SSSR count). The lowest BCUT2D eigenvalue weighted by molar-refractivity contribution is 0.522. The Morgan fingerprint density at radius 2 is 1.89 bits per heavy atom. The molecule has 0 aliphatic heterocycles. The first-order valence-corrected chi connectivity index (χ1v) is 7.03. The number of rotatable bonds is 3. The van der Waals surface area contributed by atoms with E-state index >= 15 is 0 Å². The maximum Gasteiger partial charge on any atom is 0.0528 e. The maximum absolute atomic E-state index is 3.93. The summed E-state index contributed by atoms with van der Waals surface area (Å²) in [6.45, 7) is 4.71. The molecule has 2 heteroatoms. The van der Waals surface area contributed by atoms with E-state index in [9.17, 15) is 0 Å². The SMILES string of the molecule is CC1(C)CCc2ccc(CCc3ccnnc3)cc21. The van der Waals surface area contributed by atoms with Gasteiger partial charge < -0.3 is 0 Å². The van der Waals surface area contributed by atoms with Crippen molar-refractivity contribution < 1.29 is 0 Å². The van der Waals surface area contributed by atoms with Crippen molar-refractivity contribution in [1.82, 2.24) is 10.2 Å². The lowest BCUT2D eigenvalue weighted by atomic mass is 9.85. The topological polar surface area (TPSA) is 25.8 Å². The summed E-state index contributed by atoms with van der Waals surface area (Å²) >= 11 is 0. The molecule has 2 aromatic rings. The van der Waals surface area contributed by atoms with Crippen molar-refractivity contribution in [3.05, 3.63) is 58.9 Å². The Balaban J connectivity index is 1.77. The highest BCUT2D eigenvalue weighted by molar-refractivity contribution is 5.41. The van der Waals surface area contributed by atoms with E-state index in [1.54, 1.807) is 17.3 Å². The van der Waals surface area contributed by atoms with E-state index in [2.05, 4.69) is 42.2 Å². The van der Waals surface area contributed by atoms with Crippen LogP contribution in [0.3, 0.4) is 0 Å². The molecule has 0 saturated carbocycles. The molecule has 0 unspecified atom stereocenters. The predicted molar refractivity (Wildman–Crippen MR) is 77.2 cm³/mol. The van der Waals surface area contributed by atoms with Gasteiger partial charge in [0.05, 0.1) is 6.20 Å². The number of hydrogen-bond acceptors (Lipinski definition) is 2. The number of aromatic nitrogens is 2. The molecular weight excluding hydrogens is 232 g/mol. The van der Waals surface area contributed by atoms with Crippen LogP contribution in [0, 0.1) is 0 Å². The van der Waals surface area contributed by atoms with Gasteiger partial charge in [-0.2, -0.15) is 10.2 Å². The fourth-order valence-corrected chi connectivity index (χ4v) is 2.96. The Morgan fingerprint density at radius 1 is 1.05 bits per heavy atom. The highest BCUT2D eigenvalue weighted by atomic mass is 15.1. The summed E-state index contributed by atoms with van der Waals surface area (Å²) < 4.78 is 0. The van der Waals surface area contributed by atoms with Crippen molar-refractivity contribution >= 4 is 0 Å². The largest absolute Gasteiger partial charge is 0.159 e. The molecule has 1 aromatic carbocycles. The second kappa shape index (κ2) is 4.76. The zero-order valence-electron chi connectivity index (χ0n) is 11.7. The van der Waals surface area contributed by atoms with E-state index in [0.29, 0.717) is 5.41 Å². The Morgan fingerprint density at radius 3 is 2.68 bits per heavy atom. The Kier molecular flexibility index (Phi) is 3.09. The molecule has 0 atom stereocenters. The molecule has 1 aromatic heterocycles. The smallest absolute Gasteiger partial charge is 0.0528 e. The van der Waals surface area contributed by atoms with Gasteiger partial charge in [0, 0.05) is 6.20 Å². The van der Waals surface area contributed by atoms with Crippen LogP contribution in [0.4, 0.5) is 0 Å². The van der Waals surface area contributed by atoms with Crippen LogP contribution in [-0.4, -0.2) is 10.2 Å². The van der Waals surface area contributed by atoms with Crippen molar-refractivity contribution in [3.63, 3.8) is 0 Å². The van der Waals surface area contributed by atoms with Gasteiger partial charge >= 0.3 is 0 Å². The van der Waals surface area contributed by atoms with Gasteiger partial charge in [-0.05, 0) is 59.4 Å². The molecule has 0 saturated heterocycles. The molecule has 98 valence electrons. The standard InChI is InChI=1S/C17H20N2/c1-17(2)9-7-15-6-5-13(11-16(15)17)3-4-14-8-10-18-19-12-14/h5-6,8,10-12H,3-4,7,9H2,1-2H3. The van der Waals surface area contributed by atoms with Crippen molar-refractivity contribution in [2.75, 3.05) is 0 Å². The van der Waals surface area contributed by atoms with Crippen LogP contribution in [0.5, 0.6) is 0 Å². The third-order valence-corrected chi connectivity index (χ3v) is 4.27. The second-order valence-electron chi connectivity index (χ2n) is 6.13. The van der Waals surface area contributed by atoms with Crippen LogP contribution in [0.2, 0.25) is 0 Å². The lowest BCUT2D eigenvalue weighted by Gasteiger charge is -2.19. The van der Waals surface area contributed by atoms with E-state index in [1.807, 2.05) is 12.3 Å². The Bertz CT molecular complexity index is 573. The van der Waals surface area contributed by atoms with Crippen molar-refractivity contribution in [2.45, 2.75) is 44.9 Å². The quantitative estimate of drug-likeness (QED) is 0.835. The molecule has 1 heterocycles. The molecule has 0 spiro atoms. The molecule has 1 aliphatic rings. The molecule has 19 heavy (non-hydrogen) atoms. The third kappa shape index (κ3) is 2.53. The van der Waals surface area contributed by atoms with E-state index < -0.39 is 0 Å². The lowest BCUT2D eigenvalue weighted by Crippen LogP contribution is -2.12. The summed E-state index contributed by atoms with van der Waals surface area (Å²) in [6, 6.07) is 9.07. The maximum atomic E-state index is 3.93. The van der Waals surface area contributed by atoms with E-state index in [1.165, 1.54) is 24.0 Å².